The second-order valence-corrected chi connectivity index (χ2v) is 6.26. The summed E-state index contributed by atoms with van der Waals surface area (Å²) in [5, 5.41) is 0. The largest absolute Gasteiger partial charge is 0.431 e. The summed E-state index contributed by atoms with van der Waals surface area (Å²) in [4.78, 5) is 0. The Bertz CT molecular complexity index is 336. The van der Waals surface area contributed by atoms with E-state index in [0.717, 1.165) is 22.6 Å². The topological polar surface area (TPSA) is 0 Å². The van der Waals surface area contributed by atoms with Gasteiger partial charge in [-0.15, -0.1) is 0 Å². The van der Waals surface area contributed by atoms with Crippen molar-refractivity contribution in [2.75, 3.05) is 0 Å². The smallest absolute Gasteiger partial charge is 0.234 e. The van der Waals surface area contributed by atoms with Crippen molar-refractivity contribution in [1.29, 1.82) is 0 Å². The summed E-state index contributed by atoms with van der Waals surface area (Å²) in [6, 6.07) is 0. The Morgan fingerprint density at radius 3 is 1.24 bits per heavy atom. The first-order valence-corrected chi connectivity index (χ1v) is 6.32. The molecule has 0 saturated heterocycles. The van der Waals surface area contributed by atoms with Gasteiger partial charge in [-0.2, -0.15) is 39.5 Å². The van der Waals surface area contributed by atoms with Crippen LogP contribution >= 0.6 is 22.6 Å². The molecule has 21 heavy (non-hydrogen) atoms. The number of alkyl halides is 12. The molecule has 0 aliphatic carbocycles. The second kappa shape index (κ2) is 5.87. The normalized spacial score (nSPS) is 19.3. The number of rotatable bonds is 4. The van der Waals surface area contributed by atoms with Gasteiger partial charge in [-0.1, -0.05) is 22.6 Å². The molecule has 0 spiro atoms. The van der Waals surface area contributed by atoms with Crippen molar-refractivity contribution in [3.05, 3.63) is 0 Å². The zero-order chi connectivity index (χ0) is 17.5. The van der Waals surface area contributed by atoms with Crippen LogP contribution in [0.4, 0.5) is 48.3 Å². The highest BCUT2D eigenvalue weighted by atomic mass is 127. The summed E-state index contributed by atoms with van der Waals surface area (Å²) >= 11 is 0.732. The molecule has 2 atom stereocenters. The number of hydrogen-bond acceptors (Lipinski definition) is 0. The Kier molecular flexibility index (Phi) is 5.86. The first-order valence-electron chi connectivity index (χ1n) is 5.07. The van der Waals surface area contributed by atoms with Crippen molar-refractivity contribution in [2.45, 2.75) is 53.6 Å². The quantitative estimate of drug-likeness (QED) is 0.292. The van der Waals surface area contributed by atoms with E-state index in [2.05, 4.69) is 0 Å². The summed E-state index contributed by atoms with van der Waals surface area (Å²) in [5.41, 5.74) is -9.73. The maximum atomic E-state index is 13.3. The molecule has 2 unspecified atom stereocenters. The highest BCUT2D eigenvalue weighted by Gasteiger charge is 2.72. The fraction of sp³-hybridized carbons (Fsp3) is 1.00. The van der Waals surface area contributed by atoms with Crippen LogP contribution < -0.4 is 0 Å². The summed E-state index contributed by atoms with van der Waals surface area (Å²) < 4.78 is 134. The Morgan fingerprint density at radius 1 is 0.667 bits per heavy atom. The van der Waals surface area contributed by atoms with Gasteiger partial charge < -0.3 is 0 Å². The number of hydrogen-bond donors (Lipinski definition) is 0. The van der Waals surface area contributed by atoms with Crippen LogP contribution in [0.15, 0.2) is 0 Å². The standard InChI is InChI=1S/C9H8F11I/c1-5(10,7(12,13)14)2-4(21)3-6(11,8(15,16)17)9(18,19)20/h4H,2-3H2,1H3. The van der Waals surface area contributed by atoms with Gasteiger partial charge >= 0.3 is 18.5 Å². The highest BCUT2D eigenvalue weighted by molar-refractivity contribution is 14.1. The van der Waals surface area contributed by atoms with E-state index in [1.165, 1.54) is 0 Å². The van der Waals surface area contributed by atoms with E-state index in [1.807, 2.05) is 0 Å². The first-order chi connectivity index (χ1) is 8.85. The lowest BCUT2D eigenvalue weighted by atomic mass is 9.92. The molecule has 0 radical (unpaired) electrons. The monoisotopic (exact) mass is 452 g/mol. The fourth-order valence-electron chi connectivity index (χ4n) is 1.30. The van der Waals surface area contributed by atoms with Crippen molar-refractivity contribution in [3.8, 4) is 0 Å². The molecule has 0 aliphatic heterocycles. The van der Waals surface area contributed by atoms with Crippen molar-refractivity contribution in [3.63, 3.8) is 0 Å². The zero-order valence-corrected chi connectivity index (χ0v) is 12.2. The third kappa shape index (κ3) is 4.71. The summed E-state index contributed by atoms with van der Waals surface area (Å²) in [5.74, 6) is 0. The second-order valence-electron chi connectivity index (χ2n) is 4.50. The average Bonchev–Trinajstić information content (AvgIpc) is 2.10. The fourth-order valence-corrected chi connectivity index (χ4v) is 2.74. The van der Waals surface area contributed by atoms with Crippen molar-refractivity contribution >= 4 is 22.6 Å². The molecule has 128 valence electrons. The van der Waals surface area contributed by atoms with Gasteiger partial charge in [0.15, 0.2) is 0 Å². The molecule has 0 fully saturated rings. The molecule has 0 amide bonds. The van der Waals surface area contributed by atoms with Gasteiger partial charge in [0.25, 0.3) is 5.67 Å². The minimum absolute atomic E-state index is 0.0419. The molecular weight excluding hydrogens is 444 g/mol. The SMILES string of the molecule is CC(F)(CC(I)CC(F)(C(F)(F)F)C(F)(F)F)C(F)(F)F. The predicted molar refractivity (Wildman–Crippen MR) is 58.6 cm³/mol. The van der Waals surface area contributed by atoms with E-state index in [1.54, 1.807) is 0 Å². The maximum Gasteiger partial charge on any atom is 0.431 e. The van der Waals surface area contributed by atoms with Gasteiger partial charge in [0.1, 0.15) is 0 Å². The highest BCUT2D eigenvalue weighted by Crippen LogP contribution is 2.51. The van der Waals surface area contributed by atoms with E-state index in [-0.39, 0.29) is 6.92 Å². The molecule has 0 aliphatic rings. The minimum atomic E-state index is -6.38. The van der Waals surface area contributed by atoms with Crippen LogP contribution in [0.5, 0.6) is 0 Å². The van der Waals surface area contributed by atoms with Gasteiger partial charge in [0.05, 0.1) is 0 Å². The van der Waals surface area contributed by atoms with Crippen LogP contribution in [0.2, 0.25) is 0 Å². The third-order valence-electron chi connectivity index (χ3n) is 2.60. The van der Waals surface area contributed by atoms with Gasteiger partial charge in [-0.3, -0.25) is 0 Å². The Labute approximate surface area is 125 Å². The van der Waals surface area contributed by atoms with E-state index in [0.29, 0.717) is 0 Å². The van der Waals surface area contributed by atoms with Crippen LogP contribution in [-0.2, 0) is 0 Å². The lowest BCUT2D eigenvalue weighted by Gasteiger charge is -2.33. The molecule has 0 aromatic rings. The molecule has 0 nitrogen and oxygen atoms in total. The summed E-state index contributed by atoms with van der Waals surface area (Å²) in [7, 11) is 0. The van der Waals surface area contributed by atoms with Crippen LogP contribution in [0.3, 0.4) is 0 Å². The first kappa shape index (κ1) is 21.0. The lowest BCUT2D eigenvalue weighted by molar-refractivity contribution is -0.343. The summed E-state index contributed by atoms with van der Waals surface area (Å²) in [6.07, 6.45) is -22.4. The third-order valence-corrected chi connectivity index (χ3v) is 3.48. The van der Waals surface area contributed by atoms with Crippen LogP contribution in [-0.4, -0.2) is 33.8 Å². The Morgan fingerprint density at radius 2 is 1.00 bits per heavy atom. The van der Waals surface area contributed by atoms with Crippen molar-refractivity contribution in [1.82, 2.24) is 0 Å². The summed E-state index contributed by atoms with van der Waals surface area (Å²) in [6.45, 7) is -0.0419. The molecule has 0 saturated carbocycles. The van der Waals surface area contributed by atoms with Gasteiger partial charge in [0, 0.05) is 16.8 Å². The van der Waals surface area contributed by atoms with Gasteiger partial charge in [0.2, 0.25) is 5.67 Å². The van der Waals surface area contributed by atoms with Gasteiger partial charge in [-0.05, 0) is 6.92 Å². The molecule has 0 heterocycles. The van der Waals surface area contributed by atoms with Crippen molar-refractivity contribution in [2.24, 2.45) is 0 Å². The molecule has 0 aromatic carbocycles. The molecule has 0 N–H and O–H groups in total. The molecule has 0 aromatic heterocycles. The molecule has 0 bridgehead atoms. The molecule has 12 heteroatoms. The predicted octanol–water partition coefficient (Wildman–Crippen LogP) is 5.69. The van der Waals surface area contributed by atoms with Crippen LogP contribution in [0.25, 0.3) is 0 Å². The Balaban J connectivity index is 5.25. The van der Waals surface area contributed by atoms with E-state index >= 15 is 0 Å². The van der Waals surface area contributed by atoms with E-state index < -0.39 is 46.6 Å². The van der Waals surface area contributed by atoms with Crippen molar-refractivity contribution < 1.29 is 48.3 Å². The van der Waals surface area contributed by atoms with Gasteiger partial charge in [-0.25, -0.2) is 8.78 Å². The minimum Gasteiger partial charge on any atom is -0.234 e. The lowest BCUT2D eigenvalue weighted by Crippen LogP contribution is -2.55. The average molecular weight is 452 g/mol. The van der Waals surface area contributed by atoms with E-state index in [4.69, 9.17) is 0 Å². The maximum absolute atomic E-state index is 13.3. The Hall–Kier alpha value is -0.0400. The molecular formula is C9H8F11I. The van der Waals surface area contributed by atoms with E-state index in [9.17, 15) is 48.3 Å². The molecule has 0 rings (SSSR count). The van der Waals surface area contributed by atoms with Crippen LogP contribution in [0, 0.1) is 0 Å². The number of halogens is 12. The van der Waals surface area contributed by atoms with Crippen LogP contribution in [0.1, 0.15) is 19.8 Å². The zero-order valence-electron chi connectivity index (χ0n) is 10.0.